The van der Waals surface area contributed by atoms with Gasteiger partial charge in [-0.2, -0.15) is 0 Å². The number of thioether (sulfide) groups is 1. The molecule has 2 N–H and O–H groups in total. The average Bonchev–Trinajstić information content (AvgIpc) is 3.32. The van der Waals surface area contributed by atoms with Crippen LogP contribution in [0, 0.1) is 0 Å². The number of amides is 2. The molecule has 2 aromatic carbocycles. The molecule has 0 aliphatic heterocycles. The molecule has 4 rings (SSSR count). The lowest BCUT2D eigenvalue weighted by molar-refractivity contribution is -0.114. The van der Waals surface area contributed by atoms with Crippen LogP contribution in [-0.4, -0.2) is 42.6 Å². The van der Waals surface area contributed by atoms with Gasteiger partial charge < -0.3 is 15.2 Å². The molecule has 0 atom stereocenters. The molecule has 2 heterocycles. The Morgan fingerprint density at radius 2 is 1.87 bits per heavy atom. The average molecular weight is 423 g/mol. The molecule has 0 saturated heterocycles. The summed E-state index contributed by atoms with van der Waals surface area (Å²) in [6.45, 7) is 1.35. The molecule has 2 aromatic heterocycles. The smallest absolute Gasteiger partial charge is 0.234 e. The zero-order valence-corrected chi connectivity index (χ0v) is 16.9. The van der Waals surface area contributed by atoms with E-state index in [1.165, 1.54) is 18.7 Å². The summed E-state index contributed by atoms with van der Waals surface area (Å²) < 4.78 is 6.35. The summed E-state index contributed by atoms with van der Waals surface area (Å²) in [5.74, 6) is 0.183. The monoisotopic (exact) mass is 423 g/mol. The van der Waals surface area contributed by atoms with E-state index in [0.717, 1.165) is 16.5 Å². The number of benzene rings is 2. The highest BCUT2D eigenvalue weighted by Gasteiger charge is 2.21. The van der Waals surface area contributed by atoms with Gasteiger partial charge in [-0.1, -0.05) is 48.2 Å². The third kappa shape index (κ3) is 4.01. The summed E-state index contributed by atoms with van der Waals surface area (Å²) >= 11 is 1.23. The second kappa shape index (κ2) is 8.33. The van der Waals surface area contributed by atoms with Crippen molar-refractivity contribution in [3.05, 3.63) is 42.5 Å². The van der Waals surface area contributed by atoms with E-state index in [4.69, 9.17) is 4.63 Å². The van der Waals surface area contributed by atoms with Gasteiger partial charge in [-0.05, 0) is 21.8 Å². The van der Waals surface area contributed by atoms with E-state index in [2.05, 4.69) is 31.1 Å². The van der Waals surface area contributed by atoms with Crippen LogP contribution in [0.3, 0.4) is 0 Å². The molecule has 0 bridgehead atoms. The molecule has 0 fully saturated rings. The molecule has 4 aromatic rings. The first-order valence-corrected chi connectivity index (χ1v) is 9.92. The topological polar surface area (TPSA) is 128 Å². The van der Waals surface area contributed by atoms with Crippen LogP contribution >= 0.6 is 11.8 Å². The molecule has 0 unspecified atom stereocenters. The Kier molecular flexibility index (Phi) is 5.44. The number of hydrogen-bond acceptors (Lipinski definition) is 8. The summed E-state index contributed by atoms with van der Waals surface area (Å²) in [5.41, 5.74) is 1.01. The van der Waals surface area contributed by atoms with Crippen LogP contribution in [0.2, 0.25) is 0 Å². The number of hydrogen-bond donors (Lipinski definition) is 2. The Morgan fingerprint density at radius 3 is 2.70 bits per heavy atom. The lowest BCUT2D eigenvalue weighted by Crippen LogP contribution is -2.14. The number of nitrogens with zero attached hydrogens (tertiary/aromatic N) is 5. The van der Waals surface area contributed by atoms with Crippen molar-refractivity contribution >= 4 is 45.9 Å². The first-order valence-electron chi connectivity index (χ1n) is 8.93. The normalized spacial score (nSPS) is 10.9. The number of carbonyl (C=O) groups excluding carboxylic acids is 2. The van der Waals surface area contributed by atoms with Gasteiger partial charge in [0.1, 0.15) is 0 Å². The van der Waals surface area contributed by atoms with Crippen LogP contribution in [0.1, 0.15) is 6.92 Å². The minimum atomic E-state index is -0.311. The van der Waals surface area contributed by atoms with E-state index in [9.17, 15) is 9.59 Å². The van der Waals surface area contributed by atoms with Gasteiger partial charge in [0.15, 0.2) is 16.7 Å². The van der Waals surface area contributed by atoms with Gasteiger partial charge in [-0.3, -0.25) is 9.59 Å². The van der Waals surface area contributed by atoms with Crippen LogP contribution < -0.4 is 10.6 Å². The minimum Gasteiger partial charge on any atom is -0.325 e. The number of fused-ring (bicyclic) bond motifs is 1. The van der Waals surface area contributed by atoms with E-state index in [1.54, 1.807) is 11.6 Å². The molecule has 10 nitrogen and oxygen atoms in total. The fourth-order valence-electron chi connectivity index (χ4n) is 2.88. The summed E-state index contributed by atoms with van der Waals surface area (Å²) in [6.07, 6.45) is 0. The first kappa shape index (κ1) is 19.6. The first-order chi connectivity index (χ1) is 14.5. The van der Waals surface area contributed by atoms with Crippen LogP contribution in [-0.2, 0) is 16.6 Å². The standard InChI is InChI=1S/C19H17N7O3S/c1-11(27)20-17-16(24-29-25-17)18-22-23-19(26(18)2)30-10-15(28)21-14-9-5-7-12-6-3-4-8-13(12)14/h3-9H,10H2,1-2H3,(H,21,28)(H,20,25,27). The SMILES string of the molecule is CC(=O)Nc1nonc1-c1nnc(SCC(=O)Nc2cccc3ccccc23)n1C. The molecule has 0 saturated carbocycles. The van der Waals surface area contributed by atoms with Crippen molar-refractivity contribution in [1.82, 2.24) is 25.1 Å². The fourth-order valence-corrected chi connectivity index (χ4v) is 3.59. The highest BCUT2D eigenvalue weighted by atomic mass is 32.2. The van der Waals surface area contributed by atoms with Gasteiger partial charge in [0.05, 0.1) is 5.75 Å². The highest BCUT2D eigenvalue weighted by molar-refractivity contribution is 7.99. The molecular formula is C19H17N7O3S. The molecule has 0 aliphatic carbocycles. The van der Waals surface area contributed by atoms with Crippen molar-refractivity contribution in [2.75, 3.05) is 16.4 Å². The third-order valence-electron chi connectivity index (χ3n) is 4.23. The Labute approximate surface area is 175 Å². The number of nitrogens with one attached hydrogen (secondary N) is 2. The third-order valence-corrected chi connectivity index (χ3v) is 5.25. The van der Waals surface area contributed by atoms with Crippen molar-refractivity contribution < 1.29 is 14.2 Å². The molecule has 152 valence electrons. The van der Waals surface area contributed by atoms with E-state index < -0.39 is 0 Å². The Morgan fingerprint density at radius 1 is 1.07 bits per heavy atom. The van der Waals surface area contributed by atoms with E-state index in [-0.39, 0.29) is 29.1 Å². The molecule has 30 heavy (non-hydrogen) atoms. The van der Waals surface area contributed by atoms with Crippen molar-refractivity contribution in [2.24, 2.45) is 7.05 Å². The van der Waals surface area contributed by atoms with Gasteiger partial charge in [0, 0.05) is 25.0 Å². The van der Waals surface area contributed by atoms with Gasteiger partial charge in [-0.15, -0.1) is 10.2 Å². The van der Waals surface area contributed by atoms with E-state index in [0.29, 0.717) is 11.0 Å². The van der Waals surface area contributed by atoms with E-state index in [1.807, 2.05) is 42.5 Å². The molecule has 0 radical (unpaired) electrons. The molecular weight excluding hydrogens is 406 g/mol. The minimum absolute atomic E-state index is 0.144. The van der Waals surface area contributed by atoms with E-state index >= 15 is 0 Å². The van der Waals surface area contributed by atoms with Crippen LogP contribution in [0.25, 0.3) is 22.3 Å². The quantitative estimate of drug-likeness (QED) is 0.453. The predicted octanol–water partition coefficient (Wildman–Crippen LogP) is 2.71. The van der Waals surface area contributed by atoms with Crippen LogP contribution in [0.4, 0.5) is 11.5 Å². The Balaban J connectivity index is 1.45. The van der Waals surface area contributed by atoms with Crippen LogP contribution in [0.15, 0.2) is 52.3 Å². The number of aromatic nitrogens is 5. The zero-order chi connectivity index (χ0) is 21.1. The van der Waals surface area contributed by atoms with Gasteiger partial charge >= 0.3 is 0 Å². The maximum absolute atomic E-state index is 12.5. The number of carbonyl (C=O) groups is 2. The maximum atomic E-state index is 12.5. The summed E-state index contributed by atoms with van der Waals surface area (Å²) in [5, 5.41) is 23.6. The summed E-state index contributed by atoms with van der Waals surface area (Å²) in [4.78, 5) is 23.8. The number of anilines is 2. The lowest BCUT2D eigenvalue weighted by atomic mass is 10.1. The second-order valence-electron chi connectivity index (χ2n) is 6.37. The largest absolute Gasteiger partial charge is 0.325 e. The lowest BCUT2D eigenvalue weighted by Gasteiger charge is -2.08. The fraction of sp³-hybridized carbons (Fsp3) is 0.158. The Hall–Kier alpha value is -3.73. The van der Waals surface area contributed by atoms with Gasteiger partial charge in [0.2, 0.25) is 17.6 Å². The Bertz CT molecular complexity index is 1230. The summed E-state index contributed by atoms with van der Waals surface area (Å²) in [7, 11) is 1.73. The highest BCUT2D eigenvalue weighted by Crippen LogP contribution is 2.27. The zero-order valence-electron chi connectivity index (χ0n) is 16.1. The van der Waals surface area contributed by atoms with Crippen molar-refractivity contribution in [3.63, 3.8) is 0 Å². The predicted molar refractivity (Wildman–Crippen MR) is 112 cm³/mol. The molecule has 0 spiro atoms. The second-order valence-corrected chi connectivity index (χ2v) is 7.31. The molecule has 0 aliphatic rings. The van der Waals surface area contributed by atoms with Crippen molar-refractivity contribution in [2.45, 2.75) is 12.1 Å². The van der Waals surface area contributed by atoms with Crippen molar-refractivity contribution in [1.29, 1.82) is 0 Å². The summed E-state index contributed by atoms with van der Waals surface area (Å²) in [6, 6.07) is 13.6. The van der Waals surface area contributed by atoms with Gasteiger partial charge in [-0.25, -0.2) is 4.63 Å². The molecule has 2 amide bonds. The molecule has 11 heteroatoms. The maximum Gasteiger partial charge on any atom is 0.234 e. The van der Waals surface area contributed by atoms with Gasteiger partial charge in [0.25, 0.3) is 0 Å². The van der Waals surface area contributed by atoms with Crippen molar-refractivity contribution in [3.8, 4) is 11.5 Å². The van der Waals surface area contributed by atoms with Crippen LogP contribution in [0.5, 0.6) is 0 Å². The number of rotatable bonds is 6.